The maximum Gasteiger partial charge on any atom is 0.254 e. The van der Waals surface area contributed by atoms with Gasteiger partial charge in [-0.05, 0) is 42.2 Å². The van der Waals surface area contributed by atoms with Gasteiger partial charge < -0.3 is 10.0 Å². The quantitative estimate of drug-likeness (QED) is 0.863. The molecule has 0 saturated carbocycles. The summed E-state index contributed by atoms with van der Waals surface area (Å²) >= 11 is 0. The molecule has 1 amide bonds. The lowest BCUT2D eigenvalue weighted by Gasteiger charge is -2.21. The molecule has 2 aromatic carbocycles. The number of hydrogen-bond donors (Lipinski definition) is 1. The third-order valence-corrected chi connectivity index (χ3v) is 3.73. The van der Waals surface area contributed by atoms with Gasteiger partial charge in [0.05, 0.1) is 0 Å². The molecule has 2 aromatic rings. The third-order valence-electron chi connectivity index (χ3n) is 3.73. The Morgan fingerprint density at radius 2 is 1.85 bits per heavy atom. The van der Waals surface area contributed by atoms with Gasteiger partial charge in [0.15, 0.2) is 0 Å². The van der Waals surface area contributed by atoms with Crippen molar-refractivity contribution in [2.75, 3.05) is 6.54 Å². The summed E-state index contributed by atoms with van der Waals surface area (Å²) in [6.45, 7) is 1.40. The zero-order valence-corrected chi connectivity index (χ0v) is 11.2. The second-order valence-corrected chi connectivity index (χ2v) is 5.15. The first-order chi connectivity index (χ1) is 9.74. The Hall–Kier alpha value is -2.29. The molecule has 102 valence electrons. The molecule has 0 spiro atoms. The fraction of sp³-hybridized carbons (Fsp3) is 0.235. The van der Waals surface area contributed by atoms with Crippen molar-refractivity contribution in [1.29, 1.82) is 0 Å². The number of phenols is 1. The molecule has 1 aliphatic rings. The molecule has 0 unspecified atom stereocenters. The molecule has 1 N–H and O–H groups in total. The lowest BCUT2D eigenvalue weighted by atomic mass is 10.0. The molecular weight excluding hydrogens is 250 g/mol. The minimum Gasteiger partial charge on any atom is -0.508 e. The van der Waals surface area contributed by atoms with Crippen molar-refractivity contribution in [3.63, 3.8) is 0 Å². The van der Waals surface area contributed by atoms with Crippen LogP contribution in [0.4, 0.5) is 0 Å². The van der Waals surface area contributed by atoms with Gasteiger partial charge in [-0.2, -0.15) is 0 Å². The maximum atomic E-state index is 12.5. The van der Waals surface area contributed by atoms with Crippen LogP contribution in [0.1, 0.15) is 27.9 Å². The van der Waals surface area contributed by atoms with Gasteiger partial charge in [0.2, 0.25) is 0 Å². The molecule has 0 fully saturated rings. The van der Waals surface area contributed by atoms with Crippen LogP contribution in [0.15, 0.2) is 48.5 Å². The highest BCUT2D eigenvalue weighted by Gasteiger charge is 2.20. The molecule has 3 nitrogen and oxygen atoms in total. The van der Waals surface area contributed by atoms with Crippen molar-refractivity contribution < 1.29 is 9.90 Å². The molecule has 20 heavy (non-hydrogen) atoms. The number of rotatable bonds is 1. The van der Waals surface area contributed by atoms with Crippen molar-refractivity contribution in [1.82, 2.24) is 4.90 Å². The van der Waals surface area contributed by atoms with Crippen LogP contribution in [0.5, 0.6) is 5.75 Å². The van der Waals surface area contributed by atoms with Crippen LogP contribution in [0.25, 0.3) is 0 Å². The number of nitrogens with zero attached hydrogens (tertiary/aromatic N) is 1. The van der Waals surface area contributed by atoms with Crippen LogP contribution in [0, 0.1) is 0 Å². The van der Waals surface area contributed by atoms with Crippen molar-refractivity contribution in [2.24, 2.45) is 0 Å². The first-order valence-electron chi connectivity index (χ1n) is 6.89. The number of aryl methyl sites for hydroxylation is 1. The van der Waals surface area contributed by atoms with Gasteiger partial charge in [-0.1, -0.05) is 30.3 Å². The van der Waals surface area contributed by atoms with E-state index >= 15 is 0 Å². The van der Waals surface area contributed by atoms with Crippen molar-refractivity contribution in [2.45, 2.75) is 19.4 Å². The number of amides is 1. The number of phenolic OH excluding ortho intramolecular Hbond substituents is 1. The van der Waals surface area contributed by atoms with Crippen LogP contribution in [-0.4, -0.2) is 22.5 Å². The fourth-order valence-corrected chi connectivity index (χ4v) is 2.70. The predicted molar refractivity (Wildman–Crippen MR) is 77.6 cm³/mol. The standard InChI is InChI=1S/C17H17NO2/c19-16-9-3-7-14(11-16)17(20)18-10-4-8-13-5-1-2-6-15(13)12-18/h1-3,5-7,9,11,19H,4,8,10,12H2. The number of fused-ring (bicyclic) bond motifs is 1. The summed E-state index contributed by atoms with van der Waals surface area (Å²) in [4.78, 5) is 14.4. The number of aromatic hydroxyl groups is 1. The Morgan fingerprint density at radius 1 is 1.05 bits per heavy atom. The minimum absolute atomic E-state index is 0.0161. The lowest BCUT2D eigenvalue weighted by molar-refractivity contribution is 0.0745. The summed E-state index contributed by atoms with van der Waals surface area (Å²) in [5.74, 6) is 0.115. The van der Waals surface area contributed by atoms with Gasteiger partial charge in [-0.15, -0.1) is 0 Å². The first-order valence-corrected chi connectivity index (χ1v) is 6.89. The predicted octanol–water partition coefficient (Wildman–Crippen LogP) is 2.98. The van der Waals surface area contributed by atoms with E-state index in [1.54, 1.807) is 18.2 Å². The van der Waals surface area contributed by atoms with Crippen LogP contribution in [0.3, 0.4) is 0 Å². The van der Waals surface area contributed by atoms with E-state index in [4.69, 9.17) is 0 Å². The normalized spacial score (nSPS) is 14.5. The molecule has 3 heteroatoms. The van der Waals surface area contributed by atoms with Crippen LogP contribution < -0.4 is 0 Å². The van der Waals surface area contributed by atoms with Crippen LogP contribution in [0.2, 0.25) is 0 Å². The molecule has 0 aromatic heterocycles. The maximum absolute atomic E-state index is 12.5. The fourth-order valence-electron chi connectivity index (χ4n) is 2.70. The molecule has 1 heterocycles. The second kappa shape index (κ2) is 5.37. The first kappa shape index (κ1) is 12.7. The summed E-state index contributed by atoms with van der Waals surface area (Å²) in [6.07, 6.45) is 1.99. The average Bonchev–Trinajstić information content (AvgIpc) is 2.68. The monoisotopic (exact) mass is 267 g/mol. The van der Waals surface area contributed by atoms with Crippen molar-refractivity contribution in [3.8, 4) is 5.75 Å². The highest BCUT2D eigenvalue weighted by Crippen LogP contribution is 2.21. The van der Waals surface area contributed by atoms with Crippen molar-refractivity contribution in [3.05, 3.63) is 65.2 Å². The summed E-state index contributed by atoms with van der Waals surface area (Å²) in [5.41, 5.74) is 3.10. The van der Waals surface area contributed by atoms with Gasteiger partial charge in [0, 0.05) is 18.7 Å². The number of hydrogen-bond acceptors (Lipinski definition) is 2. The molecule has 0 bridgehead atoms. The van der Waals surface area contributed by atoms with E-state index in [9.17, 15) is 9.90 Å². The summed E-state index contributed by atoms with van der Waals surface area (Å²) < 4.78 is 0. The number of benzene rings is 2. The van der Waals surface area contributed by atoms with E-state index in [1.165, 1.54) is 17.2 Å². The van der Waals surface area contributed by atoms with E-state index in [2.05, 4.69) is 12.1 Å². The molecule has 0 radical (unpaired) electrons. The van der Waals surface area contributed by atoms with E-state index in [1.807, 2.05) is 17.0 Å². The smallest absolute Gasteiger partial charge is 0.254 e. The lowest BCUT2D eigenvalue weighted by Crippen LogP contribution is -2.30. The third kappa shape index (κ3) is 2.52. The molecule has 0 saturated heterocycles. The minimum atomic E-state index is -0.0161. The Morgan fingerprint density at radius 3 is 2.65 bits per heavy atom. The molecule has 3 rings (SSSR count). The highest BCUT2D eigenvalue weighted by molar-refractivity contribution is 5.94. The molecular formula is C17H17NO2. The molecule has 1 aliphatic heterocycles. The summed E-state index contributed by atoms with van der Waals surface area (Å²) in [6, 6.07) is 14.8. The number of carbonyl (C=O) groups excluding carboxylic acids is 1. The van der Waals surface area contributed by atoms with E-state index < -0.39 is 0 Å². The molecule has 0 aliphatic carbocycles. The second-order valence-electron chi connectivity index (χ2n) is 5.15. The van der Waals surface area contributed by atoms with Crippen molar-refractivity contribution >= 4 is 5.91 Å². The van der Waals surface area contributed by atoms with E-state index in [-0.39, 0.29) is 11.7 Å². The Balaban J connectivity index is 1.86. The van der Waals surface area contributed by atoms with E-state index in [0.29, 0.717) is 12.1 Å². The van der Waals surface area contributed by atoms with Crippen LogP contribution >= 0.6 is 0 Å². The zero-order chi connectivity index (χ0) is 13.9. The van der Waals surface area contributed by atoms with Crippen LogP contribution in [-0.2, 0) is 13.0 Å². The van der Waals surface area contributed by atoms with Gasteiger partial charge in [0.25, 0.3) is 5.91 Å². The summed E-state index contributed by atoms with van der Waals surface area (Å²) in [7, 11) is 0. The van der Waals surface area contributed by atoms with Gasteiger partial charge in [0.1, 0.15) is 5.75 Å². The van der Waals surface area contributed by atoms with Gasteiger partial charge in [-0.25, -0.2) is 0 Å². The Bertz CT molecular complexity index is 636. The zero-order valence-electron chi connectivity index (χ0n) is 11.2. The van der Waals surface area contributed by atoms with Gasteiger partial charge >= 0.3 is 0 Å². The largest absolute Gasteiger partial charge is 0.508 e. The highest BCUT2D eigenvalue weighted by atomic mass is 16.3. The average molecular weight is 267 g/mol. The molecule has 0 atom stereocenters. The Kier molecular flexibility index (Phi) is 3.42. The van der Waals surface area contributed by atoms with E-state index in [0.717, 1.165) is 19.4 Å². The number of carbonyl (C=O) groups is 1. The topological polar surface area (TPSA) is 40.5 Å². The van der Waals surface area contributed by atoms with Gasteiger partial charge in [-0.3, -0.25) is 4.79 Å². The Labute approximate surface area is 118 Å². The summed E-state index contributed by atoms with van der Waals surface area (Å²) in [5, 5.41) is 9.50. The SMILES string of the molecule is O=C(c1cccc(O)c1)N1CCCc2ccccc2C1.